The number of ether oxygens (including phenoxy) is 1. The third kappa shape index (κ3) is 7.76. The highest BCUT2D eigenvalue weighted by atomic mass is 16.5. The molecule has 2 heterocycles. The van der Waals surface area contributed by atoms with Gasteiger partial charge in [0.25, 0.3) is 0 Å². The minimum absolute atomic E-state index is 0.0222. The molecule has 0 saturated carbocycles. The zero-order valence-electron chi connectivity index (χ0n) is 22.6. The van der Waals surface area contributed by atoms with E-state index in [1.165, 1.54) is 31.4 Å². The number of aromatic hydroxyl groups is 2. The molecule has 1 saturated heterocycles. The van der Waals surface area contributed by atoms with Gasteiger partial charge in [-0.25, -0.2) is 9.59 Å². The molecule has 1 aliphatic heterocycles. The summed E-state index contributed by atoms with van der Waals surface area (Å²) in [5.74, 6) is -0.743. The molecule has 5 N–H and O–H groups in total. The molecule has 1 fully saturated rings. The first-order chi connectivity index (χ1) is 19.1. The molecule has 11 nitrogen and oxygen atoms in total. The summed E-state index contributed by atoms with van der Waals surface area (Å²) in [6.45, 7) is 2.35. The molecule has 0 bridgehead atoms. The van der Waals surface area contributed by atoms with E-state index in [9.17, 15) is 24.6 Å². The van der Waals surface area contributed by atoms with E-state index in [0.29, 0.717) is 11.0 Å². The van der Waals surface area contributed by atoms with Crippen molar-refractivity contribution in [2.75, 3.05) is 32.6 Å². The lowest BCUT2D eigenvalue weighted by atomic mass is 10.00. The first-order valence-corrected chi connectivity index (χ1v) is 13.1. The first kappa shape index (κ1) is 28.5. The fourth-order valence-corrected chi connectivity index (χ4v) is 5.09. The summed E-state index contributed by atoms with van der Waals surface area (Å²) in [7, 11) is 3.35. The topological polar surface area (TPSA) is 150 Å². The van der Waals surface area contributed by atoms with E-state index in [1.54, 1.807) is 24.3 Å². The predicted molar refractivity (Wildman–Crippen MR) is 147 cm³/mol. The number of esters is 1. The monoisotopic (exact) mass is 551 g/mol. The largest absolute Gasteiger partial charge is 0.508 e. The number of nitrogens with zero attached hydrogens (tertiary/aromatic N) is 1. The quantitative estimate of drug-likeness (QED) is 0.203. The third-order valence-electron chi connectivity index (χ3n) is 6.96. The summed E-state index contributed by atoms with van der Waals surface area (Å²) >= 11 is 0. The molecule has 1 aliphatic rings. The van der Waals surface area contributed by atoms with Gasteiger partial charge in [0, 0.05) is 18.1 Å². The van der Waals surface area contributed by atoms with Gasteiger partial charge >= 0.3 is 12.0 Å². The van der Waals surface area contributed by atoms with Crippen molar-refractivity contribution < 1.29 is 38.2 Å². The van der Waals surface area contributed by atoms with Gasteiger partial charge in [-0.05, 0) is 48.7 Å². The van der Waals surface area contributed by atoms with Crippen LogP contribution in [0.3, 0.4) is 0 Å². The number of phenolic OH excluding ortho intramolecular Hbond substituents is 2. The van der Waals surface area contributed by atoms with Crippen LogP contribution in [0.5, 0.6) is 11.5 Å². The number of methoxy groups -OCH3 is 1. The molecule has 40 heavy (non-hydrogen) atoms. The number of anilines is 1. The van der Waals surface area contributed by atoms with Crippen molar-refractivity contribution in [2.24, 2.45) is 0 Å². The van der Waals surface area contributed by atoms with Crippen molar-refractivity contribution >= 4 is 23.8 Å². The molecular weight excluding hydrogens is 516 g/mol. The van der Waals surface area contributed by atoms with E-state index in [2.05, 4.69) is 27.7 Å². The number of nitrogens with one attached hydrogen (secondary N) is 3. The lowest BCUT2D eigenvalue weighted by Crippen LogP contribution is -2.59. The summed E-state index contributed by atoms with van der Waals surface area (Å²) in [5.41, 5.74) is 1.77. The van der Waals surface area contributed by atoms with Crippen LogP contribution in [0.25, 0.3) is 0 Å². The Balaban J connectivity index is 1.43. The Kier molecular flexibility index (Phi) is 8.95. The lowest BCUT2D eigenvalue weighted by Gasteiger charge is -2.42. The highest BCUT2D eigenvalue weighted by molar-refractivity contribution is 5.94. The summed E-state index contributed by atoms with van der Waals surface area (Å²) in [4.78, 5) is 37.9. The van der Waals surface area contributed by atoms with Crippen LogP contribution in [0.1, 0.15) is 34.5 Å². The number of carbonyl (C=O) groups excluding carboxylic acids is 3. The number of phenols is 2. The van der Waals surface area contributed by atoms with Gasteiger partial charge < -0.3 is 34.5 Å². The minimum atomic E-state index is -0.925. The summed E-state index contributed by atoms with van der Waals surface area (Å²) in [6, 6.07) is 14.7. The van der Waals surface area contributed by atoms with Crippen molar-refractivity contribution in [3.63, 3.8) is 0 Å². The van der Waals surface area contributed by atoms with Crippen LogP contribution in [0.2, 0.25) is 0 Å². The fraction of sp³-hybridized carbons (Fsp3) is 0.345. The van der Waals surface area contributed by atoms with Crippen LogP contribution in [0, 0.1) is 0 Å². The second kappa shape index (κ2) is 12.6. The molecule has 3 amide bonds. The number of urea groups is 1. The van der Waals surface area contributed by atoms with E-state index >= 15 is 0 Å². The number of benzene rings is 2. The number of furan rings is 1. The van der Waals surface area contributed by atoms with Crippen LogP contribution >= 0.6 is 0 Å². The number of quaternary nitrogens is 1. The lowest BCUT2D eigenvalue weighted by molar-refractivity contribution is -0.927. The number of amides is 3. The predicted octanol–water partition coefficient (Wildman–Crippen LogP) is 3.14. The maximum absolute atomic E-state index is 13.5. The van der Waals surface area contributed by atoms with Crippen molar-refractivity contribution in [1.29, 1.82) is 0 Å². The summed E-state index contributed by atoms with van der Waals surface area (Å²) in [5, 5.41) is 27.8. The summed E-state index contributed by atoms with van der Waals surface area (Å²) < 4.78 is 10.6. The van der Waals surface area contributed by atoms with Gasteiger partial charge in [-0.15, -0.1) is 0 Å². The van der Waals surface area contributed by atoms with Gasteiger partial charge in [-0.1, -0.05) is 24.3 Å². The van der Waals surface area contributed by atoms with E-state index in [4.69, 9.17) is 4.42 Å². The molecule has 0 radical (unpaired) electrons. The van der Waals surface area contributed by atoms with Gasteiger partial charge in [0.15, 0.2) is 0 Å². The SMILES string of the molecule is COC(=O)c1ccc(NC(=O)N[C@@H](Cc2ccc(O)cc2)C(=O)N[C@H]2CCC[N+](C)(Cc3cccc(O)c3)C2)o1. The van der Waals surface area contributed by atoms with Crippen molar-refractivity contribution in [2.45, 2.75) is 37.9 Å². The van der Waals surface area contributed by atoms with Gasteiger partial charge in [-0.3, -0.25) is 10.1 Å². The van der Waals surface area contributed by atoms with Crippen LogP contribution in [-0.4, -0.2) is 71.9 Å². The molecule has 2 aromatic carbocycles. The molecule has 212 valence electrons. The highest BCUT2D eigenvalue weighted by Gasteiger charge is 2.34. The van der Waals surface area contributed by atoms with E-state index in [0.717, 1.165) is 37.1 Å². The highest BCUT2D eigenvalue weighted by Crippen LogP contribution is 2.23. The van der Waals surface area contributed by atoms with Crippen LogP contribution in [0.4, 0.5) is 10.7 Å². The van der Waals surface area contributed by atoms with E-state index in [1.807, 2.05) is 12.1 Å². The Hall–Kier alpha value is -4.51. The zero-order valence-corrected chi connectivity index (χ0v) is 22.6. The molecule has 4 rings (SSSR count). The Labute approximate surface area is 232 Å². The van der Waals surface area contributed by atoms with Gasteiger partial charge in [0.05, 0.1) is 33.3 Å². The van der Waals surface area contributed by atoms with Crippen LogP contribution < -0.4 is 16.0 Å². The van der Waals surface area contributed by atoms with Gasteiger partial charge in [0.1, 0.15) is 24.1 Å². The standard InChI is InChI=1S/C29H34N4O7/c1-33(17-20-5-3-7-23(35)15-20)14-4-6-21(18-33)30-27(36)24(16-19-8-10-22(34)11-9-19)31-29(38)32-26-13-12-25(40-26)28(37)39-2/h3,5,7-13,15,21,24H,4,6,14,16-18H2,1-2H3,(H4-,30,31,32,34,35,36,37,38)/p+1/t21-,24-,33?/m0/s1. The van der Waals surface area contributed by atoms with Crippen molar-refractivity contribution in [1.82, 2.24) is 10.6 Å². The Bertz CT molecular complexity index is 1340. The molecular formula is C29H35N4O7+. The Morgan fingerprint density at radius 1 is 1.05 bits per heavy atom. The van der Waals surface area contributed by atoms with E-state index in [-0.39, 0.29) is 41.5 Å². The number of likely N-dealkylation sites (tertiary alicyclic amines) is 1. The van der Waals surface area contributed by atoms with Gasteiger partial charge in [0.2, 0.25) is 17.6 Å². The number of piperidine rings is 1. The number of carbonyl (C=O) groups is 3. The van der Waals surface area contributed by atoms with Crippen molar-refractivity contribution in [3.05, 3.63) is 77.6 Å². The minimum Gasteiger partial charge on any atom is -0.508 e. The molecule has 1 unspecified atom stereocenters. The van der Waals surface area contributed by atoms with Gasteiger partial charge in [-0.2, -0.15) is 0 Å². The van der Waals surface area contributed by atoms with E-state index < -0.39 is 18.0 Å². The normalized spacial score (nSPS) is 19.3. The number of rotatable bonds is 9. The van der Waals surface area contributed by atoms with Crippen molar-refractivity contribution in [3.8, 4) is 11.5 Å². The Morgan fingerprint density at radius 3 is 2.55 bits per heavy atom. The Morgan fingerprint density at radius 2 is 1.82 bits per heavy atom. The molecule has 0 spiro atoms. The maximum atomic E-state index is 13.5. The molecule has 11 heteroatoms. The summed E-state index contributed by atoms with van der Waals surface area (Å²) in [6.07, 6.45) is 1.91. The average molecular weight is 552 g/mol. The third-order valence-corrected chi connectivity index (χ3v) is 6.96. The number of hydrogen-bond donors (Lipinski definition) is 5. The number of hydrogen-bond acceptors (Lipinski definition) is 7. The molecule has 3 atom stereocenters. The van der Waals surface area contributed by atoms with Crippen LogP contribution in [-0.2, 0) is 22.5 Å². The zero-order chi connectivity index (χ0) is 28.7. The molecule has 3 aromatic rings. The second-order valence-electron chi connectivity index (χ2n) is 10.4. The second-order valence-corrected chi connectivity index (χ2v) is 10.4. The number of likely N-dealkylation sites (N-methyl/N-ethyl adjacent to an activating group) is 1. The smallest absolute Gasteiger partial charge is 0.374 e. The molecule has 0 aliphatic carbocycles. The maximum Gasteiger partial charge on any atom is 0.374 e. The average Bonchev–Trinajstić information content (AvgIpc) is 3.37. The molecule has 1 aromatic heterocycles. The fourth-order valence-electron chi connectivity index (χ4n) is 5.09. The first-order valence-electron chi connectivity index (χ1n) is 13.1. The van der Waals surface area contributed by atoms with Crippen LogP contribution in [0.15, 0.2) is 65.1 Å².